The molecule has 1 N–H and O–H groups in total. The second-order valence-electron chi connectivity index (χ2n) is 5.48. The number of anilines is 1. The maximum atomic E-state index is 12.2. The zero-order chi connectivity index (χ0) is 18.4. The molecule has 0 saturated carbocycles. The highest BCUT2D eigenvalue weighted by atomic mass is 16.5. The molecule has 0 spiro atoms. The molecule has 0 atom stereocenters. The molecule has 2 aromatic carbocycles. The first kappa shape index (κ1) is 17.5. The minimum Gasteiger partial charge on any atom is -0.497 e. The molecule has 1 heterocycles. The number of nitrogens with one attached hydrogen (secondary N) is 1. The van der Waals surface area contributed by atoms with Gasteiger partial charge in [0, 0.05) is 24.5 Å². The van der Waals surface area contributed by atoms with E-state index < -0.39 is 0 Å². The number of aromatic nitrogens is 2. The zero-order valence-corrected chi connectivity index (χ0v) is 14.6. The van der Waals surface area contributed by atoms with Gasteiger partial charge in [-0.2, -0.15) is 0 Å². The van der Waals surface area contributed by atoms with Crippen molar-refractivity contribution in [2.75, 3.05) is 19.5 Å². The van der Waals surface area contributed by atoms with Crippen molar-refractivity contribution in [3.05, 3.63) is 54.4 Å². The number of amides is 1. The molecule has 1 amide bonds. The van der Waals surface area contributed by atoms with Crippen molar-refractivity contribution in [1.29, 1.82) is 0 Å². The largest absolute Gasteiger partial charge is 0.497 e. The Kier molecular flexibility index (Phi) is 5.48. The maximum Gasteiger partial charge on any atom is 0.247 e. The quantitative estimate of drug-likeness (QED) is 0.701. The van der Waals surface area contributed by atoms with Gasteiger partial charge in [-0.3, -0.25) is 4.79 Å². The molecule has 0 bridgehead atoms. The Morgan fingerprint density at radius 3 is 2.62 bits per heavy atom. The predicted molar refractivity (Wildman–Crippen MR) is 96.2 cm³/mol. The Bertz CT molecular complexity index is 878. The number of rotatable bonds is 7. The molecule has 0 aliphatic heterocycles. The van der Waals surface area contributed by atoms with Crippen LogP contribution in [-0.4, -0.2) is 30.3 Å². The number of nitrogens with zero attached hydrogens (tertiary/aromatic N) is 2. The number of ether oxygens (including phenoxy) is 2. The van der Waals surface area contributed by atoms with Crippen LogP contribution in [0.1, 0.15) is 12.3 Å². The number of hydrogen-bond acceptors (Lipinski definition) is 6. The van der Waals surface area contributed by atoms with E-state index >= 15 is 0 Å². The first-order chi connectivity index (χ1) is 12.7. The van der Waals surface area contributed by atoms with Gasteiger partial charge in [-0.15, -0.1) is 10.2 Å². The normalized spacial score (nSPS) is 10.4. The molecule has 0 aliphatic rings. The number of hydrogen-bond donors (Lipinski definition) is 1. The van der Waals surface area contributed by atoms with Crippen LogP contribution in [0.4, 0.5) is 5.69 Å². The molecule has 134 valence electrons. The summed E-state index contributed by atoms with van der Waals surface area (Å²) in [4.78, 5) is 12.2. The third-order valence-electron chi connectivity index (χ3n) is 3.74. The van der Waals surface area contributed by atoms with Gasteiger partial charge in [-0.1, -0.05) is 18.2 Å². The molecule has 0 aliphatic carbocycles. The van der Waals surface area contributed by atoms with Crippen molar-refractivity contribution >= 4 is 11.6 Å². The lowest BCUT2D eigenvalue weighted by atomic mass is 10.2. The van der Waals surface area contributed by atoms with Crippen LogP contribution in [-0.2, 0) is 11.2 Å². The Labute approximate surface area is 151 Å². The van der Waals surface area contributed by atoms with Crippen molar-refractivity contribution < 1.29 is 18.7 Å². The van der Waals surface area contributed by atoms with Crippen molar-refractivity contribution in [2.24, 2.45) is 0 Å². The monoisotopic (exact) mass is 353 g/mol. The van der Waals surface area contributed by atoms with E-state index in [-0.39, 0.29) is 12.3 Å². The summed E-state index contributed by atoms with van der Waals surface area (Å²) in [6.07, 6.45) is 0.565. The average Bonchev–Trinajstić information content (AvgIpc) is 3.16. The van der Waals surface area contributed by atoms with Gasteiger partial charge in [-0.05, 0) is 24.3 Å². The van der Waals surface area contributed by atoms with Gasteiger partial charge >= 0.3 is 0 Å². The lowest BCUT2D eigenvalue weighted by molar-refractivity contribution is -0.116. The fourth-order valence-corrected chi connectivity index (χ4v) is 2.39. The number of benzene rings is 2. The Morgan fingerprint density at radius 1 is 1.08 bits per heavy atom. The Balaban J connectivity index is 1.59. The highest BCUT2D eigenvalue weighted by molar-refractivity contribution is 5.92. The Morgan fingerprint density at radius 2 is 1.88 bits per heavy atom. The summed E-state index contributed by atoms with van der Waals surface area (Å²) in [5.41, 5.74) is 1.42. The topological polar surface area (TPSA) is 86.5 Å². The Hall–Kier alpha value is -3.35. The molecule has 1 aromatic heterocycles. The molecule has 0 saturated heterocycles. The molecule has 3 aromatic rings. The van der Waals surface area contributed by atoms with Gasteiger partial charge in [0.25, 0.3) is 0 Å². The molecule has 3 rings (SSSR count). The van der Waals surface area contributed by atoms with Crippen LogP contribution in [0.5, 0.6) is 11.5 Å². The molecule has 7 nitrogen and oxygen atoms in total. The molecule has 0 fully saturated rings. The molecule has 0 radical (unpaired) electrons. The number of methoxy groups -OCH3 is 2. The van der Waals surface area contributed by atoms with E-state index in [1.165, 1.54) is 7.11 Å². The maximum absolute atomic E-state index is 12.2. The summed E-state index contributed by atoms with van der Waals surface area (Å²) in [5, 5.41) is 10.8. The lowest BCUT2D eigenvalue weighted by Gasteiger charge is -2.11. The van der Waals surface area contributed by atoms with Gasteiger partial charge in [0.1, 0.15) is 11.5 Å². The highest BCUT2D eigenvalue weighted by Crippen LogP contribution is 2.29. The first-order valence-electron chi connectivity index (χ1n) is 8.09. The second-order valence-corrected chi connectivity index (χ2v) is 5.48. The fraction of sp³-hybridized carbons (Fsp3) is 0.211. The van der Waals surface area contributed by atoms with Gasteiger partial charge in [0.2, 0.25) is 17.7 Å². The van der Waals surface area contributed by atoms with Gasteiger partial charge in [0.15, 0.2) is 0 Å². The van der Waals surface area contributed by atoms with Crippen LogP contribution in [0.2, 0.25) is 0 Å². The first-order valence-corrected chi connectivity index (χ1v) is 8.09. The van der Waals surface area contributed by atoms with Crippen LogP contribution in [0.25, 0.3) is 11.5 Å². The van der Waals surface area contributed by atoms with Crippen LogP contribution in [0.3, 0.4) is 0 Å². The van der Waals surface area contributed by atoms with Gasteiger partial charge in [-0.25, -0.2) is 0 Å². The molecule has 0 unspecified atom stereocenters. The summed E-state index contributed by atoms with van der Waals surface area (Å²) >= 11 is 0. The van der Waals surface area contributed by atoms with Crippen LogP contribution >= 0.6 is 0 Å². The van der Waals surface area contributed by atoms with E-state index in [9.17, 15) is 4.79 Å². The molecular formula is C19H19N3O4. The van der Waals surface area contributed by atoms with Gasteiger partial charge < -0.3 is 19.2 Å². The number of aryl methyl sites for hydroxylation is 1. The number of carbonyl (C=O) groups excluding carboxylic acids is 1. The summed E-state index contributed by atoms with van der Waals surface area (Å²) in [6, 6.07) is 14.7. The SMILES string of the molecule is COc1ccc(NC(=O)CCc2nnc(-c3ccccc3)o2)c(OC)c1. The van der Waals surface area contributed by atoms with E-state index in [4.69, 9.17) is 13.9 Å². The molecule has 7 heteroatoms. The highest BCUT2D eigenvalue weighted by Gasteiger charge is 2.12. The van der Waals surface area contributed by atoms with Crippen LogP contribution in [0.15, 0.2) is 52.9 Å². The predicted octanol–water partition coefficient (Wildman–Crippen LogP) is 3.33. The second kappa shape index (κ2) is 8.15. The van der Waals surface area contributed by atoms with E-state index in [0.29, 0.717) is 35.4 Å². The summed E-state index contributed by atoms with van der Waals surface area (Å²) in [5.74, 6) is 1.87. The fourth-order valence-electron chi connectivity index (χ4n) is 2.39. The third kappa shape index (κ3) is 4.18. The van der Waals surface area contributed by atoms with Crippen LogP contribution in [0, 0.1) is 0 Å². The van der Waals surface area contributed by atoms with Crippen molar-refractivity contribution in [3.63, 3.8) is 0 Å². The summed E-state index contributed by atoms with van der Waals surface area (Å²) < 4.78 is 16.0. The number of carbonyl (C=O) groups is 1. The summed E-state index contributed by atoms with van der Waals surface area (Å²) in [6.45, 7) is 0. The van der Waals surface area contributed by atoms with E-state index in [0.717, 1.165) is 5.56 Å². The minimum atomic E-state index is -0.173. The zero-order valence-electron chi connectivity index (χ0n) is 14.6. The lowest BCUT2D eigenvalue weighted by Crippen LogP contribution is -2.13. The smallest absolute Gasteiger partial charge is 0.247 e. The minimum absolute atomic E-state index is 0.173. The molecular weight excluding hydrogens is 334 g/mol. The standard InChI is InChI=1S/C19H19N3O4/c1-24-14-8-9-15(16(12-14)25-2)20-17(23)10-11-18-21-22-19(26-18)13-6-4-3-5-7-13/h3-9,12H,10-11H2,1-2H3,(H,20,23). The van der Waals surface area contributed by atoms with E-state index in [1.54, 1.807) is 25.3 Å². The van der Waals surface area contributed by atoms with E-state index in [2.05, 4.69) is 15.5 Å². The molecule has 26 heavy (non-hydrogen) atoms. The van der Waals surface area contributed by atoms with Crippen molar-refractivity contribution in [1.82, 2.24) is 10.2 Å². The summed E-state index contributed by atoms with van der Waals surface area (Å²) in [7, 11) is 3.11. The van der Waals surface area contributed by atoms with Crippen LogP contribution < -0.4 is 14.8 Å². The van der Waals surface area contributed by atoms with Gasteiger partial charge in [0.05, 0.1) is 19.9 Å². The van der Waals surface area contributed by atoms with E-state index in [1.807, 2.05) is 30.3 Å². The average molecular weight is 353 g/mol. The van der Waals surface area contributed by atoms with Crippen molar-refractivity contribution in [3.8, 4) is 23.0 Å². The third-order valence-corrected chi connectivity index (χ3v) is 3.74. The van der Waals surface area contributed by atoms with Crippen molar-refractivity contribution in [2.45, 2.75) is 12.8 Å².